The van der Waals surface area contributed by atoms with Gasteiger partial charge in [-0.2, -0.15) is 0 Å². The van der Waals surface area contributed by atoms with Gasteiger partial charge in [-0.3, -0.25) is 5.41 Å². The van der Waals surface area contributed by atoms with Crippen molar-refractivity contribution >= 4 is 12.2 Å². The van der Waals surface area contributed by atoms with Gasteiger partial charge in [0, 0.05) is 12.1 Å². The first kappa shape index (κ1) is 20.0. The van der Waals surface area contributed by atoms with Crippen molar-refractivity contribution in [3.05, 3.63) is 0 Å². The molecule has 0 aromatic carbocycles. The van der Waals surface area contributed by atoms with E-state index in [0.29, 0.717) is 29.9 Å². The molecule has 0 heterocycles. The van der Waals surface area contributed by atoms with Gasteiger partial charge >= 0.3 is 0 Å². The van der Waals surface area contributed by atoms with Gasteiger partial charge in [0.1, 0.15) is 6.61 Å². The fraction of sp³-hybridized carbons (Fsp3) is 0.913. The molecule has 0 saturated heterocycles. The monoisotopic (exact) mass is 388 g/mol. The standard InChI is InChI=1S/C23H40N4O/c1-22-11-4-3-5-16(22)6-8-18-19-9-7-17(23(19,2)12-10-20(18)22)15-27-28-14-13-26-21(24)25/h15-20H,3-14H2,1-2H3,(H4,24,25,26)/b27-15+/t16-,17+,18-,19+,20-,22-,23+/m0/s1. The summed E-state index contributed by atoms with van der Waals surface area (Å²) < 4.78 is 0. The van der Waals surface area contributed by atoms with Gasteiger partial charge < -0.3 is 15.9 Å². The van der Waals surface area contributed by atoms with Gasteiger partial charge in [0.15, 0.2) is 5.96 Å². The van der Waals surface area contributed by atoms with E-state index in [1.807, 2.05) is 0 Å². The number of nitrogens with two attached hydrogens (primary N) is 1. The number of fused-ring (bicyclic) bond motifs is 5. The van der Waals surface area contributed by atoms with E-state index in [1.54, 1.807) is 0 Å². The maximum atomic E-state index is 7.15. The number of guanidine groups is 1. The van der Waals surface area contributed by atoms with Gasteiger partial charge in [-0.15, -0.1) is 0 Å². The lowest BCUT2D eigenvalue weighted by molar-refractivity contribution is -0.106. The maximum absolute atomic E-state index is 7.15. The van der Waals surface area contributed by atoms with Gasteiger partial charge in [0.25, 0.3) is 0 Å². The SMILES string of the molecule is C[C@]12CC[C@H]3[C@@H](CC[C@@H]4CCCC[C@@]43C)[C@H]1CC[C@@H]2/C=N/OCCNC(=N)N. The average molecular weight is 389 g/mol. The van der Waals surface area contributed by atoms with Crippen molar-refractivity contribution in [2.24, 2.45) is 51.3 Å². The Kier molecular flexibility index (Phi) is 5.63. The molecular weight excluding hydrogens is 348 g/mol. The second-order valence-electron chi connectivity index (χ2n) is 10.6. The van der Waals surface area contributed by atoms with Crippen LogP contribution in [0.4, 0.5) is 0 Å². The van der Waals surface area contributed by atoms with E-state index >= 15 is 0 Å². The summed E-state index contributed by atoms with van der Waals surface area (Å²) in [6.45, 7) is 6.19. The number of rotatable bonds is 5. The molecule has 4 fully saturated rings. The zero-order chi connectivity index (χ0) is 19.8. The molecule has 158 valence electrons. The second kappa shape index (κ2) is 7.87. The highest BCUT2D eigenvalue weighted by molar-refractivity contribution is 5.74. The first-order chi connectivity index (χ1) is 13.4. The van der Waals surface area contributed by atoms with Gasteiger partial charge in [-0.1, -0.05) is 31.8 Å². The number of hydrogen-bond acceptors (Lipinski definition) is 3. The molecule has 4 rings (SSSR count). The Morgan fingerprint density at radius 2 is 1.89 bits per heavy atom. The lowest BCUT2D eigenvalue weighted by Crippen LogP contribution is -2.52. The Bertz CT molecular complexity index is 607. The molecule has 0 aliphatic heterocycles. The molecule has 0 radical (unpaired) electrons. The van der Waals surface area contributed by atoms with Crippen molar-refractivity contribution in [1.29, 1.82) is 5.41 Å². The number of nitrogens with zero attached hydrogens (tertiary/aromatic N) is 1. The lowest BCUT2D eigenvalue weighted by atomic mass is 9.45. The zero-order valence-corrected chi connectivity index (χ0v) is 17.9. The smallest absolute Gasteiger partial charge is 0.185 e. The topological polar surface area (TPSA) is 83.5 Å². The summed E-state index contributed by atoms with van der Waals surface area (Å²) in [4.78, 5) is 5.42. The minimum absolute atomic E-state index is 0.0168. The fourth-order valence-electron chi connectivity index (χ4n) is 7.98. The van der Waals surface area contributed by atoms with E-state index in [2.05, 4.69) is 30.5 Å². The molecule has 0 unspecified atom stereocenters. The Hall–Kier alpha value is -1.26. The molecule has 0 spiro atoms. The second-order valence-corrected chi connectivity index (χ2v) is 10.6. The molecule has 28 heavy (non-hydrogen) atoms. The van der Waals surface area contributed by atoms with Crippen molar-refractivity contribution in [3.63, 3.8) is 0 Å². The number of nitrogens with one attached hydrogen (secondary N) is 2. The van der Waals surface area contributed by atoms with Crippen LogP contribution in [0, 0.1) is 45.8 Å². The summed E-state index contributed by atoms with van der Waals surface area (Å²) in [6, 6.07) is 0. The van der Waals surface area contributed by atoms with E-state index in [9.17, 15) is 0 Å². The molecule has 4 aliphatic rings. The Morgan fingerprint density at radius 3 is 2.71 bits per heavy atom. The van der Waals surface area contributed by atoms with Crippen molar-refractivity contribution < 1.29 is 4.84 Å². The minimum Gasteiger partial charge on any atom is -0.394 e. The van der Waals surface area contributed by atoms with Gasteiger partial charge in [0.05, 0.1) is 6.54 Å². The predicted molar refractivity (Wildman–Crippen MR) is 114 cm³/mol. The van der Waals surface area contributed by atoms with Crippen LogP contribution in [0.3, 0.4) is 0 Å². The summed E-state index contributed by atoms with van der Waals surface area (Å²) in [5.74, 6) is 4.32. The summed E-state index contributed by atoms with van der Waals surface area (Å²) in [7, 11) is 0. The van der Waals surface area contributed by atoms with E-state index < -0.39 is 0 Å². The highest BCUT2D eigenvalue weighted by atomic mass is 16.6. The van der Waals surface area contributed by atoms with E-state index in [4.69, 9.17) is 16.0 Å². The van der Waals surface area contributed by atoms with Crippen LogP contribution in [0.2, 0.25) is 0 Å². The molecule has 4 N–H and O–H groups in total. The normalized spacial score (nSPS) is 45.1. The zero-order valence-electron chi connectivity index (χ0n) is 17.9. The third-order valence-electron chi connectivity index (χ3n) is 9.48. The molecule has 0 aromatic heterocycles. The Balaban J connectivity index is 1.39. The summed E-state index contributed by atoms with van der Waals surface area (Å²) in [6.07, 6.45) is 16.4. The minimum atomic E-state index is -0.0168. The Labute approximate surface area is 170 Å². The number of hydrogen-bond donors (Lipinski definition) is 3. The van der Waals surface area contributed by atoms with Crippen LogP contribution in [0.25, 0.3) is 0 Å². The molecule has 0 amide bonds. The van der Waals surface area contributed by atoms with Crippen molar-refractivity contribution in [1.82, 2.24) is 5.32 Å². The third-order valence-corrected chi connectivity index (χ3v) is 9.48. The van der Waals surface area contributed by atoms with E-state index in [-0.39, 0.29) is 5.96 Å². The molecule has 0 aromatic rings. The van der Waals surface area contributed by atoms with E-state index in [1.165, 1.54) is 64.2 Å². The van der Waals surface area contributed by atoms with Crippen LogP contribution in [-0.2, 0) is 4.84 Å². The largest absolute Gasteiger partial charge is 0.394 e. The van der Waals surface area contributed by atoms with Crippen molar-refractivity contribution in [2.45, 2.75) is 78.1 Å². The summed E-state index contributed by atoms with van der Waals surface area (Å²) >= 11 is 0. The van der Waals surface area contributed by atoms with Crippen LogP contribution in [-0.4, -0.2) is 25.3 Å². The molecule has 4 saturated carbocycles. The quantitative estimate of drug-likeness (QED) is 0.280. The predicted octanol–water partition coefficient (Wildman–Crippen LogP) is 4.52. The lowest BCUT2D eigenvalue weighted by Gasteiger charge is -2.60. The highest BCUT2D eigenvalue weighted by Gasteiger charge is 2.59. The third kappa shape index (κ3) is 3.43. The average Bonchev–Trinajstić information content (AvgIpc) is 3.00. The van der Waals surface area contributed by atoms with Gasteiger partial charge in [-0.25, -0.2) is 0 Å². The van der Waals surface area contributed by atoms with Crippen molar-refractivity contribution in [3.8, 4) is 0 Å². The first-order valence-electron chi connectivity index (χ1n) is 11.7. The molecule has 5 nitrogen and oxygen atoms in total. The van der Waals surface area contributed by atoms with Crippen LogP contribution in [0.15, 0.2) is 5.16 Å². The summed E-state index contributed by atoms with van der Waals surface area (Å²) in [5, 5.41) is 14.2. The van der Waals surface area contributed by atoms with Crippen LogP contribution in [0.5, 0.6) is 0 Å². The van der Waals surface area contributed by atoms with E-state index in [0.717, 1.165) is 23.7 Å². The molecule has 5 heteroatoms. The molecule has 7 atom stereocenters. The first-order valence-corrected chi connectivity index (χ1v) is 11.7. The Morgan fingerprint density at radius 1 is 1.07 bits per heavy atom. The highest BCUT2D eigenvalue weighted by Crippen LogP contribution is 2.67. The maximum Gasteiger partial charge on any atom is 0.185 e. The van der Waals surface area contributed by atoms with Crippen LogP contribution >= 0.6 is 0 Å². The van der Waals surface area contributed by atoms with Crippen molar-refractivity contribution in [2.75, 3.05) is 13.2 Å². The molecule has 0 bridgehead atoms. The van der Waals surface area contributed by atoms with Gasteiger partial charge in [-0.05, 0) is 85.9 Å². The van der Waals surface area contributed by atoms with Crippen LogP contribution in [0.1, 0.15) is 78.1 Å². The summed E-state index contributed by atoms with van der Waals surface area (Å²) in [5.41, 5.74) is 6.31. The number of oxime groups is 1. The molecule has 4 aliphatic carbocycles. The van der Waals surface area contributed by atoms with Gasteiger partial charge in [0.2, 0.25) is 0 Å². The van der Waals surface area contributed by atoms with Crippen LogP contribution < -0.4 is 11.1 Å². The molecular formula is C23H40N4O. The fourth-order valence-corrected chi connectivity index (χ4v) is 7.98.